The highest BCUT2D eigenvalue weighted by atomic mass is 32.3. The lowest BCUT2D eigenvalue weighted by atomic mass is 10.1. The third kappa shape index (κ3) is 3.88. The minimum atomic E-state index is -3.08. The molecule has 6 nitrogen and oxygen atoms in total. The van der Waals surface area contributed by atoms with Crippen LogP contribution >= 0.6 is 10.8 Å². The van der Waals surface area contributed by atoms with Crippen LogP contribution in [0.1, 0.15) is 37.0 Å². The van der Waals surface area contributed by atoms with Crippen LogP contribution in [0.2, 0.25) is 0 Å². The van der Waals surface area contributed by atoms with Crippen LogP contribution in [0.25, 0.3) is 0 Å². The Labute approximate surface area is 137 Å². The molecule has 1 aromatic carbocycles. The van der Waals surface area contributed by atoms with Gasteiger partial charge in [-0.3, -0.25) is 13.4 Å². The Balaban J connectivity index is 2.54. The van der Waals surface area contributed by atoms with E-state index < -0.39 is 22.6 Å². The van der Waals surface area contributed by atoms with Gasteiger partial charge in [-0.25, -0.2) is 9.18 Å². The summed E-state index contributed by atoms with van der Waals surface area (Å²) in [6, 6.07) is 2.95. The molecule has 0 atom stereocenters. The van der Waals surface area contributed by atoms with Crippen LogP contribution in [0.4, 0.5) is 15.8 Å². The van der Waals surface area contributed by atoms with Crippen molar-refractivity contribution in [2.75, 3.05) is 29.0 Å². The lowest BCUT2D eigenvalue weighted by Crippen LogP contribution is -2.35. The zero-order valence-electron chi connectivity index (χ0n) is 13.5. The van der Waals surface area contributed by atoms with Gasteiger partial charge in [0.1, 0.15) is 0 Å². The second-order valence-electron chi connectivity index (χ2n) is 5.79. The minimum absolute atomic E-state index is 0.00995. The standard InChI is InChI=1S/C15H23FN2O4S/c1-10(2)17-11-8-12(15(19)22-3)14(16)13(9-11)18-6-4-5-7-23(18,20)21/h8-10,17,20-21H,4-7H2,1-3H3. The third-order valence-electron chi connectivity index (χ3n) is 3.57. The van der Waals surface area contributed by atoms with Gasteiger partial charge < -0.3 is 10.1 Å². The first-order chi connectivity index (χ1) is 10.8. The largest absolute Gasteiger partial charge is 0.465 e. The van der Waals surface area contributed by atoms with Crippen LogP contribution in [-0.4, -0.2) is 40.5 Å². The van der Waals surface area contributed by atoms with Crippen LogP contribution < -0.4 is 9.62 Å². The molecule has 0 radical (unpaired) electrons. The van der Waals surface area contributed by atoms with Crippen molar-refractivity contribution in [1.29, 1.82) is 0 Å². The Morgan fingerprint density at radius 3 is 2.65 bits per heavy atom. The average molecular weight is 346 g/mol. The van der Waals surface area contributed by atoms with Crippen molar-refractivity contribution in [3.63, 3.8) is 0 Å². The summed E-state index contributed by atoms with van der Waals surface area (Å²) in [6.45, 7) is 4.15. The first-order valence-corrected chi connectivity index (χ1v) is 9.15. The molecule has 23 heavy (non-hydrogen) atoms. The van der Waals surface area contributed by atoms with E-state index in [0.29, 0.717) is 18.7 Å². The van der Waals surface area contributed by atoms with Crippen LogP contribution in [0.15, 0.2) is 12.1 Å². The van der Waals surface area contributed by atoms with E-state index in [1.54, 1.807) is 0 Å². The topological polar surface area (TPSA) is 82.0 Å². The monoisotopic (exact) mass is 346 g/mol. The van der Waals surface area contributed by atoms with Gasteiger partial charge in [0.2, 0.25) is 0 Å². The quantitative estimate of drug-likeness (QED) is 0.721. The molecule has 0 saturated carbocycles. The number of anilines is 2. The molecule has 2 rings (SSSR count). The molecule has 3 N–H and O–H groups in total. The number of carbonyl (C=O) groups is 1. The molecule has 0 amide bonds. The molecule has 0 bridgehead atoms. The highest BCUT2D eigenvalue weighted by molar-refractivity contribution is 8.25. The number of benzene rings is 1. The van der Waals surface area contributed by atoms with Crippen molar-refractivity contribution in [1.82, 2.24) is 0 Å². The third-order valence-corrected chi connectivity index (χ3v) is 5.49. The molecule has 1 heterocycles. The maximum Gasteiger partial charge on any atom is 0.341 e. The fourth-order valence-corrected chi connectivity index (χ4v) is 4.23. The number of ether oxygens (including phenoxy) is 1. The van der Waals surface area contributed by atoms with E-state index in [0.717, 1.165) is 6.42 Å². The lowest BCUT2D eigenvalue weighted by Gasteiger charge is -2.47. The molecule has 0 unspecified atom stereocenters. The summed E-state index contributed by atoms with van der Waals surface area (Å²) in [5, 5.41) is 3.10. The van der Waals surface area contributed by atoms with Gasteiger partial charge in [-0.1, -0.05) is 0 Å². The first kappa shape index (κ1) is 17.8. The molecule has 8 heteroatoms. The normalized spacial score (nSPS) is 18.7. The van der Waals surface area contributed by atoms with Crippen molar-refractivity contribution in [3.8, 4) is 0 Å². The maximum atomic E-state index is 14.8. The fraction of sp³-hybridized carbons (Fsp3) is 0.533. The Bertz CT molecular complexity index is 595. The van der Waals surface area contributed by atoms with Crippen molar-refractivity contribution >= 4 is 28.1 Å². The number of nitrogens with zero attached hydrogens (tertiary/aromatic N) is 1. The first-order valence-electron chi connectivity index (χ1n) is 7.48. The maximum absolute atomic E-state index is 14.8. The van der Waals surface area contributed by atoms with Gasteiger partial charge in [-0.2, -0.15) is 0 Å². The highest BCUT2D eigenvalue weighted by Gasteiger charge is 2.31. The average Bonchev–Trinajstić information content (AvgIpc) is 2.47. The molecule has 0 aromatic heterocycles. The molecule has 0 aliphatic carbocycles. The molecular weight excluding hydrogens is 323 g/mol. The predicted octanol–water partition coefficient (Wildman–Crippen LogP) is 3.70. The molecule has 0 spiro atoms. The molecule has 130 valence electrons. The van der Waals surface area contributed by atoms with Gasteiger partial charge in [0.25, 0.3) is 0 Å². The SMILES string of the molecule is COC(=O)c1cc(NC(C)C)cc(N2CCCCS2(O)O)c1F. The number of halogens is 1. The summed E-state index contributed by atoms with van der Waals surface area (Å²) in [4.78, 5) is 11.8. The van der Waals surface area contributed by atoms with Crippen molar-refractivity contribution in [2.24, 2.45) is 0 Å². The van der Waals surface area contributed by atoms with E-state index in [9.17, 15) is 18.3 Å². The second kappa shape index (κ2) is 6.94. The van der Waals surface area contributed by atoms with Crippen molar-refractivity contribution in [3.05, 3.63) is 23.5 Å². The Morgan fingerprint density at radius 2 is 2.09 bits per heavy atom. The smallest absolute Gasteiger partial charge is 0.341 e. The van der Waals surface area contributed by atoms with E-state index in [1.807, 2.05) is 13.8 Å². The van der Waals surface area contributed by atoms with E-state index >= 15 is 0 Å². The van der Waals surface area contributed by atoms with Gasteiger partial charge in [-0.15, -0.1) is 10.8 Å². The number of esters is 1. The Kier molecular flexibility index (Phi) is 5.38. The summed E-state index contributed by atoms with van der Waals surface area (Å²) < 4.78 is 41.1. The molecule has 1 fully saturated rings. The number of hydrogen-bond donors (Lipinski definition) is 3. The van der Waals surface area contributed by atoms with E-state index in [-0.39, 0.29) is 23.0 Å². The number of nitrogens with one attached hydrogen (secondary N) is 1. The molecule has 1 aromatic rings. The zero-order chi connectivity index (χ0) is 17.2. The summed E-state index contributed by atoms with van der Waals surface area (Å²) in [5.74, 6) is -1.40. The summed E-state index contributed by atoms with van der Waals surface area (Å²) in [6.07, 6.45) is 1.40. The van der Waals surface area contributed by atoms with Crippen molar-refractivity contribution < 1.29 is 23.0 Å². The molecule has 1 aliphatic heterocycles. The molecule has 1 saturated heterocycles. The number of hydrogen-bond acceptors (Lipinski definition) is 6. The second-order valence-corrected chi connectivity index (χ2v) is 7.91. The number of rotatable bonds is 4. The summed E-state index contributed by atoms with van der Waals surface area (Å²) >= 11 is 0. The lowest BCUT2D eigenvalue weighted by molar-refractivity contribution is 0.0595. The fourth-order valence-electron chi connectivity index (χ4n) is 2.55. The molecule has 1 aliphatic rings. The van der Waals surface area contributed by atoms with Gasteiger partial charge in [0, 0.05) is 18.3 Å². The van der Waals surface area contributed by atoms with Crippen LogP contribution in [0.5, 0.6) is 0 Å². The van der Waals surface area contributed by atoms with Crippen molar-refractivity contribution in [2.45, 2.75) is 32.7 Å². The number of carbonyl (C=O) groups excluding carboxylic acids is 1. The van der Waals surface area contributed by atoms with E-state index in [2.05, 4.69) is 10.1 Å². The minimum Gasteiger partial charge on any atom is -0.465 e. The van der Waals surface area contributed by atoms with Crippen LogP contribution in [0, 0.1) is 5.82 Å². The Hall–Kier alpha value is -1.51. The summed E-state index contributed by atoms with van der Waals surface area (Å²) in [7, 11) is -1.90. The Morgan fingerprint density at radius 1 is 1.39 bits per heavy atom. The zero-order valence-corrected chi connectivity index (χ0v) is 14.3. The highest BCUT2D eigenvalue weighted by Crippen LogP contribution is 2.50. The van der Waals surface area contributed by atoms with E-state index in [1.165, 1.54) is 23.5 Å². The van der Waals surface area contributed by atoms with Crippen LogP contribution in [0.3, 0.4) is 0 Å². The molecular formula is C15H23FN2O4S. The van der Waals surface area contributed by atoms with Gasteiger partial charge in [-0.05, 0) is 38.8 Å². The predicted molar refractivity (Wildman–Crippen MR) is 90.8 cm³/mol. The van der Waals surface area contributed by atoms with Gasteiger partial charge in [0.05, 0.1) is 24.1 Å². The number of methoxy groups -OCH3 is 1. The van der Waals surface area contributed by atoms with Crippen LogP contribution in [-0.2, 0) is 4.74 Å². The van der Waals surface area contributed by atoms with Gasteiger partial charge in [0.15, 0.2) is 5.82 Å². The van der Waals surface area contributed by atoms with E-state index in [4.69, 9.17) is 0 Å². The summed E-state index contributed by atoms with van der Waals surface area (Å²) in [5.41, 5.74) is 0.308. The van der Waals surface area contributed by atoms with Gasteiger partial charge >= 0.3 is 5.97 Å².